The van der Waals surface area contributed by atoms with Crippen molar-refractivity contribution in [3.63, 3.8) is 0 Å². The number of furan rings is 1. The fourth-order valence-corrected chi connectivity index (χ4v) is 3.33. The lowest BCUT2D eigenvalue weighted by molar-refractivity contribution is -0.384. The number of methoxy groups -OCH3 is 1. The van der Waals surface area contributed by atoms with E-state index in [1.165, 1.54) is 42.5 Å². The summed E-state index contributed by atoms with van der Waals surface area (Å²) in [5, 5.41) is 11.1. The monoisotopic (exact) mass is 454 g/mol. The SMILES string of the molecule is COCCN(CC(=O)N(Cc1ccco1)Cc1cccn1C)C(=O)c1cccc([N+](=O)[O-])c1. The highest BCUT2D eigenvalue weighted by Gasteiger charge is 2.24. The third-order valence-electron chi connectivity index (χ3n) is 5.17. The van der Waals surface area contributed by atoms with Crippen LogP contribution in [0.3, 0.4) is 0 Å². The number of hydrogen-bond acceptors (Lipinski definition) is 6. The number of carbonyl (C=O) groups is 2. The molecule has 3 aromatic rings. The van der Waals surface area contributed by atoms with E-state index in [-0.39, 0.29) is 43.4 Å². The van der Waals surface area contributed by atoms with Gasteiger partial charge in [0.2, 0.25) is 5.91 Å². The van der Waals surface area contributed by atoms with Crippen molar-refractivity contribution in [1.29, 1.82) is 0 Å². The molecule has 0 saturated carbocycles. The Morgan fingerprint density at radius 1 is 1.12 bits per heavy atom. The van der Waals surface area contributed by atoms with Gasteiger partial charge in [0.25, 0.3) is 11.6 Å². The predicted molar refractivity (Wildman–Crippen MR) is 119 cm³/mol. The molecule has 0 aliphatic rings. The molecular weight excluding hydrogens is 428 g/mol. The quantitative estimate of drug-likeness (QED) is 0.325. The highest BCUT2D eigenvalue weighted by Crippen LogP contribution is 2.16. The summed E-state index contributed by atoms with van der Waals surface area (Å²) in [7, 11) is 3.39. The molecule has 10 nitrogen and oxygen atoms in total. The van der Waals surface area contributed by atoms with Crippen LogP contribution in [0.15, 0.2) is 65.4 Å². The van der Waals surface area contributed by atoms with E-state index in [4.69, 9.17) is 9.15 Å². The van der Waals surface area contributed by atoms with E-state index in [1.807, 2.05) is 29.9 Å². The van der Waals surface area contributed by atoms with Crippen molar-refractivity contribution in [2.24, 2.45) is 7.05 Å². The van der Waals surface area contributed by atoms with E-state index in [0.717, 1.165) is 5.69 Å². The number of ether oxygens (including phenoxy) is 1. The summed E-state index contributed by atoms with van der Waals surface area (Å²) in [5.41, 5.74) is 0.860. The molecule has 0 N–H and O–H groups in total. The van der Waals surface area contributed by atoms with Gasteiger partial charge >= 0.3 is 0 Å². The topological polar surface area (TPSA) is 111 Å². The third kappa shape index (κ3) is 6.30. The van der Waals surface area contributed by atoms with Gasteiger partial charge in [0.1, 0.15) is 12.3 Å². The Morgan fingerprint density at radius 3 is 2.58 bits per heavy atom. The molecule has 2 aromatic heterocycles. The van der Waals surface area contributed by atoms with E-state index in [2.05, 4.69) is 0 Å². The second-order valence-corrected chi connectivity index (χ2v) is 7.47. The Labute approximate surface area is 191 Å². The van der Waals surface area contributed by atoms with Crippen LogP contribution in [0, 0.1) is 10.1 Å². The van der Waals surface area contributed by atoms with E-state index >= 15 is 0 Å². The number of aromatic nitrogens is 1. The highest BCUT2D eigenvalue weighted by atomic mass is 16.6. The number of aryl methyl sites for hydroxylation is 1. The van der Waals surface area contributed by atoms with Crippen LogP contribution in [0.5, 0.6) is 0 Å². The van der Waals surface area contributed by atoms with Crippen molar-refractivity contribution in [1.82, 2.24) is 14.4 Å². The lowest BCUT2D eigenvalue weighted by Crippen LogP contribution is -2.43. The first-order chi connectivity index (χ1) is 15.9. The molecule has 0 aliphatic heterocycles. The Morgan fingerprint density at radius 2 is 1.94 bits per heavy atom. The fourth-order valence-electron chi connectivity index (χ4n) is 3.33. The van der Waals surface area contributed by atoms with Crippen LogP contribution in [0.25, 0.3) is 0 Å². The van der Waals surface area contributed by atoms with Crippen molar-refractivity contribution >= 4 is 17.5 Å². The van der Waals surface area contributed by atoms with E-state index in [1.54, 1.807) is 17.0 Å². The number of carbonyl (C=O) groups excluding carboxylic acids is 2. The number of benzene rings is 1. The van der Waals surface area contributed by atoms with Gasteiger partial charge < -0.3 is 23.5 Å². The summed E-state index contributed by atoms with van der Waals surface area (Å²) in [5.74, 6) is -0.158. The molecule has 2 heterocycles. The summed E-state index contributed by atoms with van der Waals surface area (Å²) in [6.45, 7) is 0.717. The normalized spacial score (nSPS) is 10.7. The molecule has 0 bridgehead atoms. The van der Waals surface area contributed by atoms with Crippen LogP contribution >= 0.6 is 0 Å². The largest absolute Gasteiger partial charge is 0.467 e. The summed E-state index contributed by atoms with van der Waals surface area (Å²) >= 11 is 0. The molecule has 0 radical (unpaired) electrons. The van der Waals surface area contributed by atoms with Gasteiger partial charge in [0.15, 0.2) is 0 Å². The molecule has 0 atom stereocenters. The van der Waals surface area contributed by atoms with Crippen molar-refractivity contribution < 1.29 is 23.7 Å². The minimum absolute atomic E-state index is 0.133. The predicted octanol–water partition coefficient (Wildman–Crippen LogP) is 2.84. The standard InChI is InChI=1S/C23H26N4O6/c1-24-10-4-8-20(24)15-26(16-21-9-5-12-33-21)22(28)17-25(11-13-32-2)23(29)18-6-3-7-19(14-18)27(30)31/h3-10,12,14H,11,13,15-17H2,1-2H3. The molecule has 3 rings (SSSR count). The maximum Gasteiger partial charge on any atom is 0.270 e. The molecule has 1 aromatic carbocycles. The second-order valence-electron chi connectivity index (χ2n) is 7.47. The Kier molecular flexibility index (Phi) is 7.98. The molecule has 0 aliphatic carbocycles. The lowest BCUT2D eigenvalue weighted by atomic mass is 10.1. The molecule has 174 valence electrons. The Bertz CT molecular complexity index is 1090. The van der Waals surface area contributed by atoms with Crippen molar-refractivity contribution in [3.8, 4) is 0 Å². The van der Waals surface area contributed by atoms with Crippen LogP contribution in [0.2, 0.25) is 0 Å². The van der Waals surface area contributed by atoms with Gasteiger partial charge in [-0.15, -0.1) is 0 Å². The van der Waals surface area contributed by atoms with Crippen LogP contribution in [-0.2, 0) is 29.7 Å². The average molecular weight is 454 g/mol. The van der Waals surface area contributed by atoms with Crippen molar-refractivity contribution in [2.45, 2.75) is 13.1 Å². The number of rotatable bonds is 11. The van der Waals surface area contributed by atoms with E-state index in [9.17, 15) is 19.7 Å². The van der Waals surface area contributed by atoms with Crippen molar-refractivity contribution in [2.75, 3.05) is 26.8 Å². The first-order valence-corrected chi connectivity index (χ1v) is 10.3. The fraction of sp³-hybridized carbons (Fsp3) is 0.304. The number of amides is 2. The Balaban J connectivity index is 1.81. The molecule has 33 heavy (non-hydrogen) atoms. The summed E-state index contributed by atoms with van der Waals surface area (Å²) in [6, 6.07) is 12.8. The number of nitro groups is 1. The second kappa shape index (κ2) is 11.1. The van der Waals surface area contributed by atoms with Gasteiger partial charge in [-0.1, -0.05) is 6.07 Å². The lowest BCUT2D eigenvalue weighted by Gasteiger charge is -2.27. The molecule has 0 unspecified atom stereocenters. The van der Waals surface area contributed by atoms with Gasteiger partial charge in [0, 0.05) is 50.3 Å². The molecule has 2 amide bonds. The van der Waals surface area contributed by atoms with Crippen LogP contribution < -0.4 is 0 Å². The number of nitro benzene ring substituents is 1. The maximum atomic E-state index is 13.3. The first-order valence-electron chi connectivity index (χ1n) is 10.3. The molecular formula is C23H26N4O6. The van der Waals surface area contributed by atoms with Crippen LogP contribution in [-0.4, -0.2) is 57.9 Å². The smallest absolute Gasteiger partial charge is 0.270 e. The van der Waals surface area contributed by atoms with Gasteiger partial charge in [0.05, 0.1) is 30.9 Å². The van der Waals surface area contributed by atoms with E-state index in [0.29, 0.717) is 12.3 Å². The minimum Gasteiger partial charge on any atom is -0.467 e. The zero-order valence-electron chi connectivity index (χ0n) is 18.5. The molecule has 0 fully saturated rings. The summed E-state index contributed by atoms with van der Waals surface area (Å²) in [4.78, 5) is 39.9. The molecule has 10 heteroatoms. The van der Waals surface area contributed by atoms with Crippen molar-refractivity contribution in [3.05, 3.63) is 88.1 Å². The Hall–Kier alpha value is -3.92. The zero-order chi connectivity index (χ0) is 23.8. The van der Waals surface area contributed by atoms with Gasteiger partial charge in [-0.25, -0.2) is 0 Å². The minimum atomic E-state index is -0.563. The maximum absolute atomic E-state index is 13.3. The summed E-state index contributed by atoms with van der Waals surface area (Å²) < 4.78 is 12.4. The first kappa shape index (κ1) is 23.7. The molecule has 0 spiro atoms. The number of non-ortho nitro benzene ring substituents is 1. The number of nitrogens with zero attached hydrogens (tertiary/aromatic N) is 4. The third-order valence-corrected chi connectivity index (χ3v) is 5.17. The van der Waals surface area contributed by atoms with Gasteiger partial charge in [-0.05, 0) is 30.3 Å². The molecule has 0 saturated heterocycles. The van der Waals surface area contributed by atoms with Crippen LogP contribution in [0.4, 0.5) is 5.69 Å². The highest BCUT2D eigenvalue weighted by molar-refractivity contribution is 5.97. The zero-order valence-corrected chi connectivity index (χ0v) is 18.5. The van der Waals surface area contributed by atoms with E-state index < -0.39 is 10.8 Å². The summed E-state index contributed by atoms with van der Waals surface area (Å²) in [6.07, 6.45) is 3.43. The number of hydrogen-bond donors (Lipinski definition) is 0. The van der Waals surface area contributed by atoms with Gasteiger partial charge in [-0.2, -0.15) is 0 Å². The average Bonchev–Trinajstić information content (AvgIpc) is 3.47. The van der Waals surface area contributed by atoms with Crippen LogP contribution in [0.1, 0.15) is 21.8 Å². The van der Waals surface area contributed by atoms with Gasteiger partial charge in [-0.3, -0.25) is 19.7 Å².